The van der Waals surface area contributed by atoms with Crippen LogP contribution >= 0.6 is 0 Å². The quantitative estimate of drug-likeness (QED) is 0.0377. The first-order chi connectivity index (χ1) is 25.7. The van der Waals surface area contributed by atoms with Gasteiger partial charge in [-0.05, 0) is 126 Å². The molecule has 53 heavy (non-hydrogen) atoms. The van der Waals surface area contributed by atoms with Crippen molar-refractivity contribution in [3.63, 3.8) is 0 Å². The van der Waals surface area contributed by atoms with E-state index in [1.54, 1.807) is 49.4 Å². The van der Waals surface area contributed by atoms with Gasteiger partial charge in [0.25, 0.3) is 0 Å². The van der Waals surface area contributed by atoms with Crippen molar-refractivity contribution in [2.75, 3.05) is 26.4 Å². The summed E-state index contributed by atoms with van der Waals surface area (Å²) in [6.45, 7) is 10.1. The number of ether oxygens (including phenoxy) is 6. The number of hydrogen-bond acceptors (Lipinski definition) is 10. The Morgan fingerprint density at radius 2 is 0.943 bits per heavy atom. The first-order valence-corrected chi connectivity index (χ1v) is 17.2. The lowest BCUT2D eigenvalue weighted by molar-refractivity contribution is -0.138. The van der Waals surface area contributed by atoms with Crippen molar-refractivity contribution in [1.82, 2.24) is 0 Å². The van der Waals surface area contributed by atoms with E-state index in [1.807, 2.05) is 48.5 Å². The summed E-state index contributed by atoms with van der Waals surface area (Å²) < 4.78 is 32.9. The van der Waals surface area contributed by atoms with Gasteiger partial charge in [0.1, 0.15) is 23.0 Å². The molecule has 0 aliphatic heterocycles. The topological polar surface area (TPSA) is 124 Å². The molecule has 0 radical (unpaired) electrons. The van der Waals surface area contributed by atoms with Crippen LogP contribution in [0.25, 0.3) is 21.5 Å². The van der Waals surface area contributed by atoms with E-state index in [-0.39, 0.29) is 0 Å². The van der Waals surface area contributed by atoms with Gasteiger partial charge in [0.15, 0.2) is 0 Å². The summed E-state index contributed by atoms with van der Waals surface area (Å²) in [6.07, 6.45) is 5.08. The number of carbonyl (C=O) groups excluding carboxylic acids is 4. The predicted octanol–water partition coefficient (Wildman–Crippen LogP) is 8.52. The summed E-state index contributed by atoms with van der Waals surface area (Å²) in [4.78, 5) is 48.3. The van der Waals surface area contributed by atoms with E-state index in [0.29, 0.717) is 79.0 Å². The van der Waals surface area contributed by atoms with Crippen LogP contribution in [-0.4, -0.2) is 50.3 Å². The summed E-state index contributed by atoms with van der Waals surface area (Å²) in [7, 11) is 0. The van der Waals surface area contributed by atoms with Gasteiger partial charge in [-0.1, -0.05) is 37.4 Å². The third-order valence-electron chi connectivity index (χ3n) is 8.09. The molecule has 0 saturated heterocycles. The van der Waals surface area contributed by atoms with Crippen molar-refractivity contribution in [2.24, 2.45) is 0 Å². The van der Waals surface area contributed by atoms with Crippen LogP contribution in [0.1, 0.15) is 52.0 Å². The molecular weight excluding hydrogens is 676 g/mol. The Morgan fingerprint density at radius 3 is 1.43 bits per heavy atom. The maximum Gasteiger partial charge on any atom is 0.343 e. The van der Waals surface area contributed by atoms with Gasteiger partial charge in [-0.3, -0.25) is 0 Å². The fourth-order valence-electron chi connectivity index (χ4n) is 5.26. The molecule has 0 N–H and O–H groups in total. The highest BCUT2D eigenvalue weighted by atomic mass is 16.5. The van der Waals surface area contributed by atoms with Crippen LogP contribution in [0.2, 0.25) is 0 Å². The van der Waals surface area contributed by atoms with Gasteiger partial charge in [-0.25, -0.2) is 19.2 Å². The summed E-state index contributed by atoms with van der Waals surface area (Å²) in [5, 5.41) is 3.50. The first-order valence-electron chi connectivity index (χ1n) is 17.2. The number of unbranched alkanes of at least 4 members (excludes halogenated alkanes) is 2. The third-order valence-corrected chi connectivity index (χ3v) is 8.09. The second-order valence-electron chi connectivity index (χ2n) is 12.0. The van der Waals surface area contributed by atoms with Gasteiger partial charge in [0.2, 0.25) is 0 Å². The Bertz CT molecular complexity index is 2130. The summed E-state index contributed by atoms with van der Waals surface area (Å²) in [6, 6.07) is 26.6. The minimum atomic E-state index is -0.523. The Morgan fingerprint density at radius 1 is 0.509 bits per heavy atom. The molecule has 0 saturated carbocycles. The molecule has 0 atom stereocenters. The van der Waals surface area contributed by atoms with Crippen LogP contribution in [0.4, 0.5) is 0 Å². The van der Waals surface area contributed by atoms with Crippen molar-refractivity contribution in [2.45, 2.75) is 32.6 Å². The highest BCUT2D eigenvalue weighted by Gasteiger charge is 2.15. The molecule has 5 aromatic carbocycles. The van der Waals surface area contributed by atoms with Crippen molar-refractivity contribution in [3.8, 4) is 23.0 Å². The molecule has 5 aromatic rings. The van der Waals surface area contributed by atoms with Crippen molar-refractivity contribution in [3.05, 3.63) is 133 Å². The largest absolute Gasteiger partial charge is 0.494 e. The van der Waals surface area contributed by atoms with E-state index >= 15 is 0 Å². The normalized spacial score (nSPS) is 10.7. The summed E-state index contributed by atoms with van der Waals surface area (Å²) >= 11 is 0. The Kier molecular flexibility index (Phi) is 13.4. The number of esters is 4. The number of carbonyl (C=O) groups is 4. The predicted molar refractivity (Wildman–Crippen MR) is 201 cm³/mol. The van der Waals surface area contributed by atoms with Crippen molar-refractivity contribution in [1.29, 1.82) is 0 Å². The number of benzene rings is 5. The Hall–Kier alpha value is -6.42. The standard InChI is InChI=1S/C43H40O10/c1-4-40(44)50-22-8-6-20-48-36-16-14-30-25-34(12-10-32(30)27-36)42(46)52-38-18-19-39(29(3)24-38)53-43(47)35-13-11-33-28-37(17-15-31(33)26-35)49-21-7-9-23-51-41(45)5-2/h4-5,10-19,24-28H,1-2,6-9,20-23H2,3H3. The molecule has 0 amide bonds. The van der Waals surface area contributed by atoms with Crippen molar-refractivity contribution < 1.29 is 47.6 Å². The molecular formula is C43H40O10. The zero-order valence-corrected chi connectivity index (χ0v) is 29.5. The monoisotopic (exact) mass is 716 g/mol. The smallest absolute Gasteiger partial charge is 0.343 e. The minimum Gasteiger partial charge on any atom is -0.494 e. The lowest BCUT2D eigenvalue weighted by Gasteiger charge is -2.11. The molecule has 0 unspecified atom stereocenters. The van der Waals surface area contributed by atoms with E-state index in [2.05, 4.69) is 13.2 Å². The minimum absolute atomic E-state index is 0.315. The number of hydrogen-bond donors (Lipinski definition) is 0. The molecule has 10 heteroatoms. The van der Waals surface area contributed by atoms with Gasteiger partial charge in [0, 0.05) is 12.2 Å². The van der Waals surface area contributed by atoms with Crippen LogP contribution < -0.4 is 18.9 Å². The second-order valence-corrected chi connectivity index (χ2v) is 12.0. The Balaban J connectivity index is 1.11. The second kappa shape index (κ2) is 18.7. The molecule has 0 aliphatic rings. The molecule has 0 spiro atoms. The Labute approximate surface area is 307 Å². The van der Waals surface area contributed by atoms with E-state index < -0.39 is 23.9 Å². The SMILES string of the molecule is C=CC(=O)OCCCCOc1ccc2cc(C(=O)Oc3ccc(OC(=O)c4ccc5cc(OCCCCOC(=O)C=C)ccc5c4)c(C)c3)ccc2c1. The maximum atomic E-state index is 13.1. The zero-order valence-electron chi connectivity index (χ0n) is 29.5. The number of aryl methyl sites for hydroxylation is 1. The fraction of sp³-hybridized carbons (Fsp3) is 0.209. The highest BCUT2D eigenvalue weighted by Crippen LogP contribution is 2.28. The fourth-order valence-corrected chi connectivity index (χ4v) is 5.26. The lowest BCUT2D eigenvalue weighted by Crippen LogP contribution is -2.10. The summed E-state index contributed by atoms with van der Waals surface area (Å²) in [5.41, 5.74) is 1.38. The van der Waals surface area contributed by atoms with Crippen LogP contribution in [0, 0.1) is 6.92 Å². The van der Waals surface area contributed by atoms with Gasteiger partial charge in [-0.2, -0.15) is 0 Å². The lowest BCUT2D eigenvalue weighted by atomic mass is 10.1. The van der Waals surface area contributed by atoms with E-state index in [4.69, 9.17) is 28.4 Å². The van der Waals surface area contributed by atoms with E-state index in [9.17, 15) is 19.2 Å². The average Bonchev–Trinajstić information content (AvgIpc) is 3.17. The molecule has 0 bridgehead atoms. The average molecular weight is 717 g/mol. The maximum absolute atomic E-state index is 13.1. The number of fused-ring (bicyclic) bond motifs is 2. The first kappa shape index (κ1) is 37.8. The molecule has 272 valence electrons. The van der Waals surface area contributed by atoms with E-state index in [1.165, 1.54) is 0 Å². The van der Waals surface area contributed by atoms with Crippen LogP contribution in [0.15, 0.2) is 116 Å². The molecule has 0 fully saturated rings. The number of rotatable bonds is 18. The molecule has 0 aliphatic carbocycles. The molecule has 10 nitrogen and oxygen atoms in total. The highest BCUT2D eigenvalue weighted by molar-refractivity contribution is 5.98. The van der Waals surface area contributed by atoms with Gasteiger partial charge < -0.3 is 28.4 Å². The van der Waals surface area contributed by atoms with Crippen LogP contribution in [0.5, 0.6) is 23.0 Å². The third kappa shape index (κ3) is 11.0. The van der Waals surface area contributed by atoms with Crippen molar-refractivity contribution >= 4 is 45.4 Å². The van der Waals surface area contributed by atoms with Gasteiger partial charge in [0.05, 0.1) is 37.6 Å². The van der Waals surface area contributed by atoms with E-state index in [0.717, 1.165) is 46.5 Å². The van der Waals surface area contributed by atoms with Crippen LogP contribution in [-0.2, 0) is 19.1 Å². The summed E-state index contributed by atoms with van der Waals surface area (Å²) in [5.74, 6) is 0.138. The van der Waals surface area contributed by atoms with Gasteiger partial charge >= 0.3 is 23.9 Å². The molecule has 5 rings (SSSR count). The molecule has 0 aromatic heterocycles. The van der Waals surface area contributed by atoms with Crippen LogP contribution in [0.3, 0.4) is 0 Å². The van der Waals surface area contributed by atoms with Gasteiger partial charge in [-0.15, -0.1) is 0 Å². The zero-order chi connectivity index (χ0) is 37.6. The molecule has 0 heterocycles.